The Balaban J connectivity index is 2.92. The highest BCUT2D eigenvalue weighted by Crippen LogP contribution is 2.27. The Morgan fingerprint density at radius 3 is 2.87 bits per heavy atom. The van der Waals surface area contributed by atoms with Crippen LogP contribution in [0, 0.1) is 15.9 Å². The summed E-state index contributed by atoms with van der Waals surface area (Å²) in [6.07, 6.45) is -0.770. The number of nitro benzene ring substituents is 1. The summed E-state index contributed by atoms with van der Waals surface area (Å²) in [5, 5.41) is 19.4. The molecule has 0 aliphatic carbocycles. The lowest BCUT2D eigenvalue weighted by molar-refractivity contribution is -0.386. The predicted molar refractivity (Wildman–Crippen MR) is 50.2 cm³/mol. The molecular formula is C9H10FNO4. The van der Waals surface area contributed by atoms with Crippen LogP contribution in [0.3, 0.4) is 0 Å². The van der Waals surface area contributed by atoms with E-state index in [2.05, 4.69) is 0 Å². The molecule has 1 N–H and O–H groups in total. The molecular weight excluding hydrogens is 205 g/mol. The fourth-order valence-electron chi connectivity index (χ4n) is 0.965. The molecule has 0 saturated carbocycles. The number of aliphatic hydroxyl groups is 1. The molecule has 0 saturated heterocycles. The van der Waals surface area contributed by atoms with Crippen LogP contribution in [-0.4, -0.2) is 22.7 Å². The Kier molecular flexibility index (Phi) is 3.56. The number of ether oxygens (including phenoxy) is 1. The zero-order valence-corrected chi connectivity index (χ0v) is 8.01. The number of benzene rings is 1. The zero-order valence-electron chi connectivity index (χ0n) is 8.01. The van der Waals surface area contributed by atoms with Crippen LogP contribution in [-0.2, 0) is 0 Å². The van der Waals surface area contributed by atoms with E-state index in [1.54, 1.807) is 0 Å². The second kappa shape index (κ2) is 4.70. The lowest BCUT2D eigenvalue weighted by atomic mass is 10.3. The van der Waals surface area contributed by atoms with Gasteiger partial charge in [0.15, 0.2) is 5.75 Å². The molecule has 0 unspecified atom stereocenters. The Morgan fingerprint density at radius 1 is 1.67 bits per heavy atom. The third-order valence-electron chi connectivity index (χ3n) is 1.60. The van der Waals surface area contributed by atoms with Crippen molar-refractivity contribution < 1.29 is 19.2 Å². The van der Waals surface area contributed by atoms with Gasteiger partial charge in [-0.1, -0.05) is 0 Å². The van der Waals surface area contributed by atoms with Gasteiger partial charge in [0.05, 0.1) is 11.0 Å². The second-order valence-corrected chi connectivity index (χ2v) is 3.03. The van der Waals surface area contributed by atoms with Crippen LogP contribution >= 0.6 is 0 Å². The highest BCUT2D eigenvalue weighted by atomic mass is 19.1. The molecule has 0 fully saturated rings. The Hall–Kier alpha value is -1.69. The molecule has 0 radical (unpaired) electrons. The fraction of sp³-hybridized carbons (Fsp3) is 0.333. The monoisotopic (exact) mass is 215 g/mol. The van der Waals surface area contributed by atoms with E-state index < -0.39 is 16.8 Å². The summed E-state index contributed by atoms with van der Waals surface area (Å²) in [5.41, 5.74) is -0.322. The molecule has 1 aromatic rings. The molecule has 1 aromatic carbocycles. The first kappa shape index (κ1) is 11.4. The average molecular weight is 215 g/mol. The maximum absolute atomic E-state index is 12.8. The maximum atomic E-state index is 12.8. The maximum Gasteiger partial charge on any atom is 0.311 e. The summed E-state index contributed by atoms with van der Waals surface area (Å²) in [5.74, 6) is -0.804. The highest BCUT2D eigenvalue weighted by molar-refractivity contribution is 5.46. The average Bonchev–Trinajstić information content (AvgIpc) is 2.14. The van der Waals surface area contributed by atoms with Crippen LogP contribution in [0.2, 0.25) is 0 Å². The lowest BCUT2D eigenvalue weighted by Gasteiger charge is -2.08. The first-order chi connectivity index (χ1) is 7.00. The minimum atomic E-state index is -0.770. The zero-order chi connectivity index (χ0) is 11.4. The minimum absolute atomic E-state index is 0.121. The standard InChI is InChI=1S/C9H10FNO4/c1-6(12)5-15-9-4-7(10)2-3-8(9)11(13)14/h2-4,6,12H,5H2,1H3/t6-/m0/s1. The third kappa shape index (κ3) is 3.17. The number of hydrogen-bond acceptors (Lipinski definition) is 4. The molecule has 1 rings (SSSR count). The van der Waals surface area contributed by atoms with Crippen molar-refractivity contribution in [1.29, 1.82) is 0 Å². The van der Waals surface area contributed by atoms with Gasteiger partial charge in [0.2, 0.25) is 0 Å². The minimum Gasteiger partial charge on any atom is -0.484 e. The number of nitro groups is 1. The molecule has 5 nitrogen and oxygen atoms in total. The Bertz CT molecular complexity index is 367. The van der Waals surface area contributed by atoms with Crippen molar-refractivity contribution in [2.24, 2.45) is 0 Å². The smallest absolute Gasteiger partial charge is 0.311 e. The van der Waals surface area contributed by atoms with Gasteiger partial charge in [-0.3, -0.25) is 10.1 Å². The molecule has 0 aromatic heterocycles. The van der Waals surface area contributed by atoms with E-state index in [-0.39, 0.29) is 18.0 Å². The highest BCUT2D eigenvalue weighted by Gasteiger charge is 2.16. The molecule has 0 aliphatic rings. The number of rotatable bonds is 4. The van der Waals surface area contributed by atoms with Gasteiger partial charge in [0.25, 0.3) is 0 Å². The summed E-state index contributed by atoms with van der Waals surface area (Å²) in [7, 11) is 0. The van der Waals surface area contributed by atoms with Crippen LogP contribution < -0.4 is 4.74 Å². The summed E-state index contributed by atoms with van der Waals surface area (Å²) in [4.78, 5) is 9.85. The van der Waals surface area contributed by atoms with E-state index in [0.29, 0.717) is 0 Å². The normalized spacial score (nSPS) is 12.2. The number of halogens is 1. The van der Waals surface area contributed by atoms with E-state index >= 15 is 0 Å². The van der Waals surface area contributed by atoms with Gasteiger partial charge in [-0.2, -0.15) is 0 Å². The van der Waals surface area contributed by atoms with Gasteiger partial charge in [0.1, 0.15) is 12.4 Å². The van der Waals surface area contributed by atoms with Gasteiger partial charge < -0.3 is 9.84 Å². The summed E-state index contributed by atoms with van der Waals surface area (Å²) in [6.45, 7) is 1.34. The second-order valence-electron chi connectivity index (χ2n) is 3.03. The number of aliphatic hydroxyl groups excluding tert-OH is 1. The summed E-state index contributed by atoms with van der Waals surface area (Å²) >= 11 is 0. The fourth-order valence-corrected chi connectivity index (χ4v) is 0.965. The molecule has 0 spiro atoms. The number of hydrogen-bond donors (Lipinski definition) is 1. The summed E-state index contributed by atoms with van der Waals surface area (Å²) < 4.78 is 17.7. The first-order valence-electron chi connectivity index (χ1n) is 4.25. The van der Waals surface area contributed by atoms with Crippen molar-refractivity contribution in [3.8, 4) is 5.75 Å². The lowest BCUT2D eigenvalue weighted by Crippen LogP contribution is -2.13. The molecule has 0 bridgehead atoms. The quantitative estimate of drug-likeness (QED) is 0.610. The van der Waals surface area contributed by atoms with Crippen molar-refractivity contribution in [3.05, 3.63) is 34.1 Å². The van der Waals surface area contributed by atoms with Crippen molar-refractivity contribution >= 4 is 5.69 Å². The van der Waals surface area contributed by atoms with E-state index in [9.17, 15) is 14.5 Å². The molecule has 6 heteroatoms. The molecule has 0 heterocycles. The van der Waals surface area contributed by atoms with E-state index in [1.807, 2.05) is 0 Å². The van der Waals surface area contributed by atoms with Gasteiger partial charge >= 0.3 is 5.69 Å². The van der Waals surface area contributed by atoms with E-state index in [0.717, 1.165) is 18.2 Å². The molecule has 15 heavy (non-hydrogen) atoms. The molecule has 0 aliphatic heterocycles. The van der Waals surface area contributed by atoms with Crippen molar-refractivity contribution in [3.63, 3.8) is 0 Å². The first-order valence-corrected chi connectivity index (χ1v) is 4.25. The van der Waals surface area contributed by atoms with Crippen molar-refractivity contribution in [2.75, 3.05) is 6.61 Å². The van der Waals surface area contributed by atoms with Crippen LogP contribution in [0.25, 0.3) is 0 Å². The van der Waals surface area contributed by atoms with Gasteiger partial charge in [0, 0.05) is 12.1 Å². The largest absolute Gasteiger partial charge is 0.484 e. The van der Waals surface area contributed by atoms with Crippen molar-refractivity contribution in [2.45, 2.75) is 13.0 Å². The SMILES string of the molecule is C[C@H](O)COc1cc(F)ccc1[N+](=O)[O-]. The van der Waals surface area contributed by atoms with Gasteiger partial charge in [-0.05, 0) is 13.0 Å². The van der Waals surface area contributed by atoms with Gasteiger partial charge in [-0.25, -0.2) is 4.39 Å². The van der Waals surface area contributed by atoms with Crippen molar-refractivity contribution in [1.82, 2.24) is 0 Å². The van der Waals surface area contributed by atoms with E-state index in [1.165, 1.54) is 6.92 Å². The third-order valence-corrected chi connectivity index (χ3v) is 1.60. The molecule has 1 atom stereocenters. The predicted octanol–water partition coefficient (Wildman–Crippen LogP) is 1.49. The Labute approximate surface area is 85.3 Å². The molecule has 82 valence electrons. The topological polar surface area (TPSA) is 72.6 Å². The van der Waals surface area contributed by atoms with Crippen LogP contribution in [0.4, 0.5) is 10.1 Å². The number of nitrogens with zero attached hydrogens (tertiary/aromatic N) is 1. The summed E-state index contributed by atoms with van der Waals surface area (Å²) in [6, 6.07) is 2.92. The van der Waals surface area contributed by atoms with Crippen LogP contribution in [0.15, 0.2) is 18.2 Å². The molecule has 0 amide bonds. The van der Waals surface area contributed by atoms with Crippen LogP contribution in [0.5, 0.6) is 5.75 Å². The van der Waals surface area contributed by atoms with E-state index in [4.69, 9.17) is 9.84 Å². The van der Waals surface area contributed by atoms with Gasteiger partial charge in [-0.15, -0.1) is 0 Å². The van der Waals surface area contributed by atoms with Crippen LogP contribution in [0.1, 0.15) is 6.92 Å². The Morgan fingerprint density at radius 2 is 2.33 bits per heavy atom.